The van der Waals surface area contributed by atoms with E-state index in [1.54, 1.807) is 24.3 Å². The number of carbonyl (C=O) groups is 2. The second-order valence-electron chi connectivity index (χ2n) is 5.98. The third kappa shape index (κ3) is 2.35. The normalized spacial score (nSPS) is 27.0. The van der Waals surface area contributed by atoms with Crippen LogP contribution in [0.1, 0.15) is 26.2 Å². The fourth-order valence-corrected chi connectivity index (χ4v) is 3.70. The molecule has 21 heavy (non-hydrogen) atoms. The zero-order chi connectivity index (χ0) is 15.2. The summed E-state index contributed by atoms with van der Waals surface area (Å²) in [6.45, 7) is 1.95. The lowest BCUT2D eigenvalue weighted by molar-refractivity contribution is -0.135. The van der Waals surface area contributed by atoms with E-state index in [1.165, 1.54) is 0 Å². The van der Waals surface area contributed by atoms with E-state index in [-0.39, 0.29) is 16.9 Å². The van der Waals surface area contributed by atoms with Crippen LogP contribution in [0.2, 0.25) is 0 Å². The van der Waals surface area contributed by atoms with E-state index in [4.69, 9.17) is 4.74 Å². The van der Waals surface area contributed by atoms with E-state index in [1.807, 2.05) is 6.92 Å². The van der Waals surface area contributed by atoms with Gasteiger partial charge in [0.25, 0.3) is 0 Å². The molecule has 2 bridgehead atoms. The van der Waals surface area contributed by atoms with Crippen LogP contribution in [-0.4, -0.2) is 17.0 Å². The van der Waals surface area contributed by atoms with Crippen molar-refractivity contribution in [3.05, 3.63) is 35.4 Å². The van der Waals surface area contributed by atoms with Gasteiger partial charge in [0.2, 0.25) is 0 Å². The summed E-state index contributed by atoms with van der Waals surface area (Å²) in [5.74, 6) is -1.15. The number of rotatable bonds is 3. The minimum Gasteiger partial charge on any atom is -0.478 e. The molecular formula is C16H16O4S. The molecule has 0 aromatic heterocycles. The van der Waals surface area contributed by atoms with Crippen molar-refractivity contribution in [1.29, 1.82) is 0 Å². The van der Waals surface area contributed by atoms with Crippen molar-refractivity contribution >= 4 is 24.6 Å². The number of carbonyl (C=O) groups excluding carboxylic acids is 1. The van der Waals surface area contributed by atoms with Gasteiger partial charge in [0.15, 0.2) is 0 Å². The first-order valence-corrected chi connectivity index (χ1v) is 7.34. The number of thiol groups is 1. The quantitative estimate of drug-likeness (QED) is 0.512. The zero-order valence-electron chi connectivity index (χ0n) is 11.6. The molecule has 0 aliphatic heterocycles. The summed E-state index contributed by atoms with van der Waals surface area (Å²) in [4.78, 5) is 24.7. The maximum atomic E-state index is 12.4. The van der Waals surface area contributed by atoms with Crippen molar-refractivity contribution in [2.24, 2.45) is 11.3 Å². The largest absolute Gasteiger partial charge is 0.478 e. The predicted octanol–water partition coefficient (Wildman–Crippen LogP) is 3.08. The molecule has 1 aromatic rings. The van der Waals surface area contributed by atoms with Gasteiger partial charge in [0.05, 0.1) is 11.1 Å². The Morgan fingerprint density at radius 2 is 2.00 bits per heavy atom. The lowest BCUT2D eigenvalue weighted by Gasteiger charge is -2.24. The van der Waals surface area contributed by atoms with Gasteiger partial charge in [-0.05, 0) is 49.4 Å². The SMILES string of the molecule is CC12CCC(C1)C(C(=O)O)=C2C(=O)Oc1ccc(S)cc1. The molecule has 0 amide bonds. The first-order valence-electron chi connectivity index (χ1n) is 6.90. The first kappa shape index (κ1) is 14.2. The van der Waals surface area contributed by atoms with Crippen molar-refractivity contribution in [1.82, 2.24) is 0 Å². The van der Waals surface area contributed by atoms with E-state index in [0.29, 0.717) is 11.3 Å². The molecule has 5 heteroatoms. The Morgan fingerprint density at radius 3 is 2.62 bits per heavy atom. The third-order valence-corrected chi connectivity index (χ3v) is 4.80. The number of carboxylic acid groups (broad SMARTS) is 1. The number of ether oxygens (including phenoxy) is 1. The van der Waals surface area contributed by atoms with Crippen LogP contribution in [-0.2, 0) is 9.59 Å². The number of hydrogen-bond acceptors (Lipinski definition) is 4. The summed E-state index contributed by atoms with van der Waals surface area (Å²) in [5, 5.41) is 9.40. The number of hydrogen-bond donors (Lipinski definition) is 2. The van der Waals surface area contributed by atoms with Crippen molar-refractivity contribution in [3.63, 3.8) is 0 Å². The minimum atomic E-state index is -0.999. The molecule has 2 aliphatic rings. The molecule has 0 saturated heterocycles. The summed E-state index contributed by atoms with van der Waals surface area (Å²) in [7, 11) is 0. The fraction of sp³-hybridized carbons (Fsp3) is 0.375. The lowest BCUT2D eigenvalue weighted by Crippen LogP contribution is -2.26. The summed E-state index contributed by atoms with van der Waals surface area (Å²) in [5.41, 5.74) is 0.236. The van der Waals surface area contributed by atoms with Gasteiger partial charge in [-0.3, -0.25) is 0 Å². The Labute approximate surface area is 128 Å². The summed E-state index contributed by atoms with van der Waals surface area (Å²) in [6, 6.07) is 6.75. The van der Waals surface area contributed by atoms with Gasteiger partial charge in [-0.15, -0.1) is 12.6 Å². The average Bonchev–Trinajstić information content (AvgIpc) is 2.94. The number of benzene rings is 1. The van der Waals surface area contributed by atoms with Crippen LogP contribution < -0.4 is 4.74 Å². The van der Waals surface area contributed by atoms with E-state index >= 15 is 0 Å². The average molecular weight is 304 g/mol. The standard InChI is InChI=1S/C16H16O4S/c1-16-7-6-9(8-16)12(14(17)18)13(16)15(19)20-10-2-4-11(21)5-3-10/h2-5,9,21H,6-8H2,1H3,(H,17,18). The molecule has 1 saturated carbocycles. The van der Waals surface area contributed by atoms with E-state index in [9.17, 15) is 14.7 Å². The molecule has 2 aliphatic carbocycles. The highest BCUT2D eigenvalue weighted by Crippen LogP contribution is 2.57. The molecule has 1 fully saturated rings. The summed E-state index contributed by atoms with van der Waals surface area (Å²) in [6.07, 6.45) is 2.41. The lowest BCUT2D eigenvalue weighted by atomic mass is 9.80. The second-order valence-corrected chi connectivity index (χ2v) is 6.49. The van der Waals surface area contributed by atoms with Gasteiger partial charge < -0.3 is 9.84 Å². The summed E-state index contributed by atoms with van der Waals surface area (Å²) >= 11 is 4.17. The van der Waals surface area contributed by atoms with Crippen LogP contribution in [0.3, 0.4) is 0 Å². The molecule has 110 valence electrons. The summed E-state index contributed by atoms with van der Waals surface area (Å²) < 4.78 is 5.36. The van der Waals surface area contributed by atoms with Gasteiger partial charge in [-0.25, -0.2) is 9.59 Å². The Balaban J connectivity index is 1.92. The molecule has 0 heterocycles. The van der Waals surface area contributed by atoms with Gasteiger partial charge in [0.1, 0.15) is 5.75 Å². The number of fused-ring (bicyclic) bond motifs is 2. The van der Waals surface area contributed by atoms with Crippen LogP contribution in [0, 0.1) is 11.3 Å². The molecule has 0 spiro atoms. The molecule has 2 atom stereocenters. The minimum absolute atomic E-state index is 0.0186. The molecule has 4 nitrogen and oxygen atoms in total. The Morgan fingerprint density at radius 1 is 1.33 bits per heavy atom. The van der Waals surface area contributed by atoms with Gasteiger partial charge in [-0.1, -0.05) is 6.92 Å². The van der Waals surface area contributed by atoms with Crippen LogP contribution in [0.4, 0.5) is 0 Å². The number of esters is 1. The first-order chi connectivity index (χ1) is 9.90. The monoisotopic (exact) mass is 304 g/mol. The van der Waals surface area contributed by atoms with Gasteiger partial charge >= 0.3 is 11.9 Å². The van der Waals surface area contributed by atoms with E-state index in [0.717, 1.165) is 24.2 Å². The fourth-order valence-electron chi connectivity index (χ4n) is 3.55. The molecule has 0 radical (unpaired) electrons. The van der Waals surface area contributed by atoms with Crippen LogP contribution in [0.25, 0.3) is 0 Å². The van der Waals surface area contributed by atoms with Gasteiger partial charge in [-0.2, -0.15) is 0 Å². The third-order valence-electron chi connectivity index (χ3n) is 4.50. The Bertz CT molecular complexity index is 647. The predicted molar refractivity (Wildman–Crippen MR) is 79.4 cm³/mol. The number of carboxylic acids is 1. The Kier molecular flexibility index (Phi) is 3.32. The van der Waals surface area contributed by atoms with Crippen LogP contribution >= 0.6 is 12.6 Å². The van der Waals surface area contributed by atoms with E-state index in [2.05, 4.69) is 12.6 Å². The molecule has 2 unspecified atom stereocenters. The van der Waals surface area contributed by atoms with Crippen molar-refractivity contribution in [3.8, 4) is 5.75 Å². The van der Waals surface area contributed by atoms with Crippen LogP contribution in [0.15, 0.2) is 40.3 Å². The topological polar surface area (TPSA) is 63.6 Å². The van der Waals surface area contributed by atoms with Crippen molar-refractivity contribution in [2.75, 3.05) is 0 Å². The van der Waals surface area contributed by atoms with Gasteiger partial charge in [0, 0.05) is 10.3 Å². The maximum absolute atomic E-state index is 12.4. The molecule has 3 rings (SSSR count). The zero-order valence-corrected chi connectivity index (χ0v) is 12.5. The highest BCUT2D eigenvalue weighted by molar-refractivity contribution is 7.80. The highest BCUT2D eigenvalue weighted by Gasteiger charge is 2.53. The van der Waals surface area contributed by atoms with Crippen molar-refractivity contribution < 1.29 is 19.4 Å². The molecule has 1 aromatic carbocycles. The molecule has 1 N–H and O–H groups in total. The number of aliphatic carboxylic acids is 1. The van der Waals surface area contributed by atoms with Crippen molar-refractivity contribution in [2.45, 2.75) is 31.1 Å². The van der Waals surface area contributed by atoms with E-state index < -0.39 is 11.9 Å². The van der Waals surface area contributed by atoms with Crippen LogP contribution in [0.5, 0.6) is 5.75 Å². The highest BCUT2D eigenvalue weighted by atomic mass is 32.1. The molecular weight excluding hydrogens is 288 g/mol. The smallest absolute Gasteiger partial charge is 0.340 e. The second kappa shape index (κ2) is 4.91. The maximum Gasteiger partial charge on any atom is 0.340 e. The Hall–Kier alpha value is -1.75.